The molecule has 36 heavy (non-hydrogen) atoms. The highest BCUT2D eigenvalue weighted by Gasteiger charge is 2.20. The number of hydrogen-bond acceptors (Lipinski definition) is 3. The molecule has 0 saturated heterocycles. The molecule has 0 fully saturated rings. The third kappa shape index (κ3) is 7.04. The van der Waals surface area contributed by atoms with Gasteiger partial charge in [0.1, 0.15) is 9.92 Å². The summed E-state index contributed by atoms with van der Waals surface area (Å²) in [6, 6.07) is 19.1. The van der Waals surface area contributed by atoms with Crippen LogP contribution >= 0.6 is 11.6 Å². The normalized spacial score (nSPS) is 13.3. The summed E-state index contributed by atoms with van der Waals surface area (Å²) < 4.78 is 17.2. The van der Waals surface area contributed by atoms with Crippen molar-refractivity contribution in [3.05, 3.63) is 87.9 Å². The number of carbonyl (C=O) groups is 1. The van der Waals surface area contributed by atoms with E-state index in [-0.39, 0.29) is 18.3 Å². The fourth-order valence-corrected chi connectivity index (χ4v) is 5.43. The Bertz CT molecular complexity index is 1310. The molecule has 0 aliphatic carbocycles. The Labute approximate surface area is 221 Å². The maximum Gasteiger partial charge on any atom is 0.259 e. The molecule has 7 heteroatoms. The van der Waals surface area contributed by atoms with Gasteiger partial charge in [-0.2, -0.15) is 0 Å². The molecule has 0 aliphatic heterocycles. The molecule has 0 spiro atoms. The molecule has 0 radical (unpaired) electrons. The molecular formula is C29H36ClN3O2S. The summed E-state index contributed by atoms with van der Waals surface area (Å²) in [5.74, 6) is -0.115. The van der Waals surface area contributed by atoms with E-state index in [2.05, 4.69) is 44.2 Å². The molecule has 1 unspecified atom stereocenters. The molecule has 2 N–H and O–H groups in total. The van der Waals surface area contributed by atoms with Crippen LogP contribution in [0, 0.1) is 0 Å². The Balaban J connectivity index is 1.99. The number of halogens is 1. The van der Waals surface area contributed by atoms with Crippen molar-refractivity contribution in [2.75, 3.05) is 14.1 Å². The molecule has 3 rings (SSSR count). The first-order chi connectivity index (χ1) is 16.9. The smallest absolute Gasteiger partial charge is 0.259 e. The van der Waals surface area contributed by atoms with E-state index >= 15 is 0 Å². The topological polar surface area (TPSA) is 75.8 Å². The monoisotopic (exact) mass is 525 g/mol. The Hall–Kier alpha value is -2.51. The minimum Gasteiger partial charge on any atom is -0.305 e. The zero-order valence-corrected chi connectivity index (χ0v) is 23.5. The Morgan fingerprint density at radius 1 is 0.917 bits per heavy atom. The first-order valence-electron chi connectivity index (χ1n) is 12.1. The van der Waals surface area contributed by atoms with Gasteiger partial charge in [-0.25, -0.2) is 9.35 Å². The summed E-state index contributed by atoms with van der Waals surface area (Å²) in [6.07, 6.45) is 0.0504. The van der Waals surface area contributed by atoms with E-state index in [1.807, 2.05) is 55.4 Å². The van der Waals surface area contributed by atoms with Crippen molar-refractivity contribution >= 4 is 27.4 Å². The number of rotatable bonds is 8. The summed E-state index contributed by atoms with van der Waals surface area (Å²) in [7, 11) is 0.611. The molecule has 0 saturated carbocycles. The number of benzene rings is 3. The van der Waals surface area contributed by atoms with Crippen molar-refractivity contribution in [2.24, 2.45) is 9.50 Å². The van der Waals surface area contributed by atoms with Gasteiger partial charge in [-0.3, -0.25) is 4.79 Å². The minimum absolute atomic E-state index is 0.0504. The van der Waals surface area contributed by atoms with Crippen molar-refractivity contribution in [3.63, 3.8) is 0 Å². The average Bonchev–Trinajstić information content (AvgIpc) is 2.79. The van der Waals surface area contributed by atoms with Crippen LogP contribution in [0.3, 0.4) is 0 Å². The molecule has 0 bridgehead atoms. The van der Waals surface area contributed by atoms with Gasteiger partial charge in [0.25, 0.3) is 5.91 Å². The van der Waals surface area contributed by atoms with Crippen LogP contribution in [0.2, 0.25) is 5.02 Å². The van der Waals surface area contributed by atoms with Crippen LogP contribution in [0.15, 0.2) is 69.9 Å². The lowest BCUT2D eigenvalue weighted by Crippen LogP contribution is -2.17. The third-order valence-corrected chi connectivity index (χ3v) is 7.74. The van der Waals surface area contributed by atoms with Gasteiger partial charge in [0, 0.05) is 11.6 Å². The maximum absolute atomic E-state index is 13.2. The summed E-state index contributed by atoms with van der Waals surface area (Å²) in [5, 5.41) is 6.76. The van der Waals surface area contributed by atoms with Crippen LogP contribution in [0.5, 0.6) is 0 Å². The van der Waals surface area contributed by atoms with Gasteiger partial charge < -0.3 is 4.90 Å². The second-order valence-electron chi connectivity index (χ2n) is 10.1. The van der Waals surface area contributed by atoms with Gasteiger partial charge in [-0.1, -0.05) is 75.7 Å². The van der Waals surface area contributed by atoms with Crippen LogP contribution in [-0.2, 0) is 27.7 Å². The predicted molar refractivity (Wildman–Crippen MR) is 151 cm³/mol. The van der Waals surface area contributed by atoms with E-state index in [1.54, 1.807) is 12.1 Å². The van der Waals surface area contributed by atoms with Crippen LogP contribution in [0.4, 0.5) is 0 Å². The van der Waals surface area contributed by atoms with Crippen LogP contribution < -0.4 is 5.14 Å². The third-order valence-electron chi connectivity index (χ3n) is 6.07. The molecule has 1 amide bonds. The molecular weight excluding hydrogens is 490 g/mol. The quantitative estimate of drug-likeness (QED) is 0.352. The standard InChI is InChI=1S/C29H36ClN3O2S/c1-19(2)26-15-23(22-9-11-24(30)12-10-22)16-27(20(3)4)28(26)17-29(34)32-36(31,35)25-13-7-21(8-14-25)18-33(5)6/h7-16,19-20H,17-18H2,1-6H3,(H2,31,32,34,35). The number of nitrogens with zero attached hydrogens (tertiary/aromatic N) is 2. The zero-order valence-electron chi connectivity index (χ0n) is 21.9. The summed E-state index contributed by atoms with van der Waals surface area (Å²) >= 11 is 6.09. The largest absolute Gasteiger partial charge is 0.305 e. The first kappa shape index (κ1) is 28.1. The molecule has 0 aromatic heterocycles. The average molecular weight is 526 g/mol. The molecule has 1 atom stereocenters. The molecule has 0 heterocycles. The van der Waals surface area contributed by atoms with E-state index in [4.69, 9.17) is 16.7 Å². The van der Waals surface area contributed by atoms with Gasteiger partial charge in [0.2, 0.25) is 0 Å². The van der Waals surface area contributed by atoms with Crippen LogP contribution in [-0.4, -0.2) is 29.1 Å². The highest BCUT2D eigenvalue weighted by Crippen LogP contribution is 2.34. The summed E-state index contributed by atoms with van der Waals surface area (Å²) in [6.45, 7) is 9.19. The zero-order chi connectivity index (χ0) is 26.6. The van der Waals surface area contributed by atoms with Crippen molar-refractivity contribution in [3.8, 4) is 11.1 Å². The van der Waals surface area contributed by atoms with E-state index in [9.17, 15) is 9.00 Å². The first-order valence-corrected chi connectivity index (χ1v) is 14.1. The lowest BCUT2D eigenvalue weighted by molar-refractivity contribution is -0.117. The van der Waals surface area contributed by atoms with E-state index in [1.165, 1.54) is 0 Å². The molecule has 3 aromatic rings. The SMILES string of the molecule is CC(C)c1cc(-c2ccc(Cl)cc2)cc(C(C)C)c1CC(=O)N=S(N)(=O)c1ccc(CN(C)C)cc1. The van der Waals surface area contributed by atoms with Gasteiger partial charge in [-0.15, -0.1) is 4.36 Å². The summed E-state index contributed by atoms with van der Waals surface area (Å²) in [5.41, 5.74) is 6.29. The minimum atomic E-state index is -3.35. The molecule has 5 nitrogen and oxygen atoms in total. The lowest BCUT2D eigenvalue weighted by atomic mass is 9.84. The van der Waals surface area contributed by atoms with Crippen LogP contribution in [0.25, 0.3) is 11.1 Å². The number of hydrogen-bond donors (Lipinski definition) is 1. The predicted octanol–water partition coefficient (Wildman–Crippen LogP) is 6.79. The van der Waals surface area contributed by atoms with E-state index in [0.29, 0.717) is 9.92 Å². The fourth-order valence-electron chi connectivity index (χ4n) is 4.30. The second kappa shape index (κ2) is 11.7. The Kier molecular flexibility index (Phi) is 9.12. The number of amides is 1. The second-order valence-corrected chi connectivity index (χ2v) is 12.3. The number of nitrogens with two attached hydrogens (primary N) is 1. The Morgan fingerprint density at radius 2 is 1.44 bits per heavy atom. The highest BCUT2D eigenvalue weighted by atomic mass is 35.5. The van der Waals surface area contributed by atoms with E-state index < -0.39 is 15.8 Å². The van der Waals surface area contributed by atoms with Crippen molar-refractivity contribution in [1.29, 1.82) is 0 Å². The summed E-state index contributed by atoms with van der Waals surface area (Å²) in [4.78, 5) is 15.5. The van der Waals surface area contributed by atoms with Crippen molar-refractivity contribution in [1.82, 2.24) is 4.90 Å². The van der Waals surface area contributed by atoms with E-state index in [0.717, 1.165) is 39.9 Å². The Morgan fingerprint density at radius 3 is 1.92 bits per heavy atom. The van der Waals surface area contributed by atoms with Gasteiger partial charge in [0.05, 0.1) is 11.3 Å². The molecule has 192 valence electrons. The van der Waals surface area contributed by atoms with Crippen molar-refractivity contribution < 1.29 is 9.00 Å². The fraction of sp³-hybridized carbons (Fsp3) is 0.345. The molecule has 3 aromatic carbocycles. The molecule has 0 aliphatic rings. The van der Waals surface area contributed by atoms with Gasteiger partial charge in [0.15, 0.2) is 0 Å². The number of carbonyl (C=O) groups excluding carboxylic acids is 1. The van der Waals surface area contributed by atoms with Gasteiger partial charge in [-0.05, 0) is 83.6 Å². The lowest BCUT2D eigenvalue weighted by Gasteiger charge is -2.21. The highest BCUT2D eigenvalue weighted by molar-refractivity contribution is 7.91. The maximum atomic E-state index is 13.2. The van der Waals surface area contributed by atoms with Gasteiger partial charge >= 0.3 is 0 Å². The van der Waals surface area contributed by atoms with Crippen LogP contribution in [0.1, 0.15) is 61.8 Å². The van der Waals surface area contributed by atoms with Crippen molar-refractivity contribution in [2.45, 2.75) is 57.4 Å².